The topological polar surface area (TPSA) is 95.7 Å². The molecule has 0 amide bonds. The Hall–Kier alpha value is -2.25. The minimum Gasteiger partial charge on any atom is -0.287 e. The maximum absolute atomic E-state index is 12.7. The van der Waals surface area contributed by atoms with Gasteiger partial charge in [-0.25, -0.2) is 4.79 Å². The maximum Gasteiger partial charge on any atom is 0.365 e. The van der Waals surface area contributed by atoms with Crippen LogP contribution in [0.1, 0.15) is 44.0 Å². The summed E-state index contributed by atoms with van der Waals surface area (Å²) in [7, 11) is 1.59. The number of H-pyrrole nitrogens is 1. The molecular weight excluding hydrogens is 274 g/mol. The minimum atomic E-state index is -0.531. The molecule has 2 aromatic heterocycles. The first kappa shape index (κ1) is 13.7. The Bertz CT molecular complexity index is 870. The quantitative estimate of drug-likeness (QED) is 0.757. The molecule has 2 aromatic rings. The molecule has 1 saturated carbocycles. The molecule has 0 aliphatic heterocycles. The van der Waals surface area contributed by atoms with Crippen LogP contribution >= 0.6 is 0 Å². The summed E-state index contributed by atoms with van der Waals surface area (Å²) >= 11 is 0. The molecule has 112 valence electrons. The third-order valence-electron chi connectivity index (χ3n) is 4.14. The Labute approximate surface area is 119 Å². The van der Waals surface area contributed by atoms with Crippen LogP contribution < -0.4 is 15.7 Å². The number of aromatic amines is 1. The zero-order valence-corrected chi connectivity index (χ0v) is 12.1. The number of aromatic nitrogens is 5. The Balaban J connectivity index is 2.38. The molecule has 1 aliphatic carbocycles. The summed E-state index contributed by atoms with van der Waals surface area (Å²) in [6, 6.07) is -0.127. The normalized spacial score (nSPS) is 16.5. The van der Waals surface area contributed by atoms with Gasteiger partial charge in [0.2, 0.25) is 5.65 Å². The zero-order chi connectivity index (χ0) is 15.1. The Morgan fingerprint density at radius 3 is 2.57 bits per heavy atom. The first-order valence-electron chi connectivity index (χ1n) is 7.15. The van der Waals surface area contributed by atoms with E-state index in [4.69, 9.17) is 0 Å². The van der Waals surface area contributed by atoms with Gasteiger partial charge in [0.1, 0.15) is 0 Å². The highest BCUT2D eigenvalue weighted by atomic mass is 16.3. The summed E-state index contributed by atoms with van der Waals surface area (Å²) in [5.74, 6) is 0.171. The van der Waals surface area contributed by atoms with E-state index >= 15 is 0 Å². The van der Waals surface area contributed by atoms with Crippen LogP contribution in [0.2, 0.25) is 0 Å². The molecule has 0 atom stereocenters. The summed E-state index contributed by atoms with van der Waals surface area (Å²) in [5, 5.41) is 3.97. The molecule has 8 heteroatoms. The predicted molar refractivity (Wildman–Crippen MR) is 75.8 cm³/mol. The van der Waals surface area contributed by atoms with Crippen molar-refractivity contribution < 1.29 is 4.43 Å². The summed E-state index contributed by atoms with van der Waals surface area (Å²) in [6.07, 6.45) is 4.70. The molecular formula is C13H18N5O3+. The van der Waals surface area contributed by atoms with Crippen molar-refractivity contribution in [3.63, 3.8) is 0 Å². The highest BCUT2D eigenvalue weighted by Gasteiger charge is 2.25. The van der Waals surface area contributed by atoms with E-state index in [0.717, 1.165) is 32.1 Å². The second kappa shape index (κ2) is 4.94. The number of aryl methyl sites for hydroxylation is 2. The standard InChI is InChI=1S/C13H17N5O3/c1-8-15-16(2)11-10(18(8)21)12(19)17(13(20)14-11)9-6-4-3-5-7-9/h9H,3-7H2,1-2H3/p+1. The molecule has 8 nitrogen and oxygen atoms in total. The summed E-state index contributed by atoms with van der Waals surface area (Å²) in [5.41, 5.74) is -0.912. The molecule has 3 rings (SSSR count). The number of rotatable bonds is 1. The Morgan fingerprint density at radius 2 is 1.90 bits per heavy atom. The summed E-state index contributed by atoms with van der Waals surface area (Å²) < 4.78 is 3.05. The Morgan fingerprint density at radius 1 is 1.24 bits per heavy atom. The molecule has 0 unspecified atom stereocenters. The van der Waals surface area contributed by atoms with Crippen LogP contribution in [-0.2, 0) is 7.05 Å². The van der Waals surface area contributed by atoms with Crippen LogP contribution in [0.3, 0.4) is 0 Å². The van der Waals surface area contributed by atoms with Crippen LogP contribution in [0.5, 0.6) is 0 Å². The molecule has 0 spiro atoms. The number of nitrogens with one attached hydrogen (secondary N) is 1. The fraction of sp³-hybridized carbons (Fsp3) is 0.615. The van der Waals surface area contributed by atoms with Crippen molar-refractivity contribution in [2.24, 2.45) is 7.05 Å². The van der Waals surface area contributed by atoms with E-state index in [2.05, 4.69) is 10.1 Å². The first-order valence-corrected chi connectivity index (χ1v) is 7.15. The fourth-order valence-electron chi connectivity index (χ4n) is 3.09. The van der Waals surface area contributed by atoms with Gasteiger partial charge >= 0.3 is 17.1 Å². The molecule has 1 fully saturated rings. The number of nitrogens with zero attached hydrogens (tertiary/aromatic N) is 4. The van der Waals surface area contributed by atoms with Crippen LogP contribution in [0.25, 0.3) is 11.2 Å². The smallest absolute Gasteiger partial charge is 0.287 e. The van der Waals surface area contributed by atoms with Crippen molar-refractivity contribution >= 4 is 11.2 Å². The molecule has 1 N–H and O–H groups in total. The van der Waals surface area contributed by atoms with E-state index in [1.165, 1.54) is 16.2 Å². The molecule has 0 radical (unpaired) electrons. The van der Waals surface area contributed by atoms with E-state index in [1.807, 2.05) is 0 Å². The average Bonchev–Trinajstić information content (AvgIpc) is 2.45. The van der Waals surface area contributed by atoms with Crippen molar-refractivity contribution in [1.29, 1.82) is 0 Å². The van der Waals surface area contributed by atoms with Gasteiger partial charge in [0.25, 0.3) is 5.52 Å². The molecule has 0 bridgehead atoms. The lowest BCUT2D eigenvalue weighted by atomic mass is 9.95. The van der Waals surface area contributed by atoms with Gasteiger partial charge in [0, 0.05) is 17.4 Å². The largest absolute Gasteiger partial charge is 0.365 e. The molecule has 1 aliphatic rings. The van der Waals surface area contributed by atoms with E-state index < -0.39 is 11.2 Å². The first-order chi connectivity index (χ1) is 10.0. The third kappa shape index (κ3) is 2.10. The lowest BCUT2D eigenvalue weighted by Gasteiger charge is -2.22. The van der Waals surface area contributed by atoms with Gasteiger partial charge in [-0.1, -0.05) is 24.2 Å². The van der Waals surface area contributed by atoms with Crippen molar-refractivity contribution in [2.75, 3.05) is 0 Å². The molecule has 0 saturated heterocycles. The lowest BCUT2D eigenvalue weighted by Crippen LogP contribution is -2.43. The van der Waals surface area contributed by atoms with E-state index in [9.17, 15) is 14.5 Å². The third-order valence-corrected chi connectivity index (χ3v) is 4.14. The number of hydrogen-bond donors (Lipinski definition) is 1. The highest BCUT2D eigenvalue weighted by molar-refractivity contribution is 5.63. The lowest BCUT2D eigenvalue weighted by molar-refractivity contribution is -0.479. The van der Waals surface area contributed by atoms with Crippen LogP contribution in [-0.4, -0.2) is 19.3 Å². The van der Waals surface area contributed by atoms with Gasteiger partial charge in [-0.05, 0) is 12.8 Å². The highest BCUT2D eigenvalue weighted by Crippen LogP contribution is 2.25. The fourth-order valence-corrected chi connectivity index (χ4v) is 3.09. The average molecular weight is 292 g/mol. The van der Waals surface area contributed by atoms with Gasteiger partial charge in [-0.15, -0.1) is 0 Å². The van der Waals surface area contributed by atoms with E-state index in [1.54, 1.807) is 7.05 Å². The number of hydrogen-bond acceptors (Lipinski definition) is 4. The summed E-state index contributed by atoms with van der Waals surface area (Å²) in [4.78, 5) is 39.7. The van der Waals surface area contributed by atoms with Crippen LogP contribution in [0, 0.1) is 11.8 Å². The molecule has 21 heavy (non-hydrogen) atoms. The van der Waals surface area contributed by atoms with Crippen LogP contribution in [0.15, 0.2) is 9.59 Å². The second-order valence-corrected chi connectivity index (χ2v) is 5.56. The van der Waals surface area contributed by atoms with Gasteiger partial charge in [-0.2, -0.15) is 4.68 Å². The van der Waals surface area contributed by atoms with Crippen molar-refractivity contribution in [1.82, 2.24) is 19.3 Å². The van der Waals surface area contributed by atoms with Gasteiger partial charge in [-0.3, -0.25) is 14.3 Å². The van der Waals surface area contributed by atoms with Gasteiger partial charge < -0.3 is 0 Å². The van der Waals surface area contributed by atoms with E-state index in [0.29, 0.717) is 4.43 Å². The van der Waals surface area contributed by atoms with Crippen molar-refractivity contribution in [3.8, 4) is 0 Å². The van der Waals surface area contributed by atoms with Gasteiger partial charge in [0.05, 0.1) is 12.1 Å². The van der Waals surface area contributed by atoms with Crippen LogP contribution in [0.4, 0.5) is 0 Å². The SMILES string of the molecule is Cc1nn(C)c2[nH]c(=O)n(C3CCCCC3)c(=O)c2[n+]1=O. The van der Waals surface area contributed by atoms with Crippen molar-refractivity contribution in [2.45, 2.75) is 45.1 Å². The minimum absolute atomic E-state index is 0.0600. The maximum atomic E-state index is 12.7. The monoisotopic (exact) mass is 292 g/mol. The van der Waals surface area contributed by atoms with Gasteiger partial charge in [0.15, 0.2) is 0 Å². The zero-order valence-electron chi connectivity index (χ0n) is 12.1. The Kier molecular flexibility index (Phi) is 3.23. The molecule has 2 heterocycles. The summed E-state index contributed by atoms with van der Waals surface area (Å²) in [6.45, 7) is 1.53. The molecule has 0 aromatic carbocycles. The number of fused-ring (bicyclic) bond motifs is 1. The van der Waals surface area contributed by atoms with E-state index in [-0.39, 0.29) is 23.0 Å². The second-order valence-electron chi connectivity index (χ2n) is 5.56. The predicted octanol–water partition coefficient (Wildman–Crippen LogP) is 0.151. The van der Waals surface area contributed by atoms with Crippen molar-refractivity contribution in [3.05, 3.63) is 31.6 Å².